The lowest BCUT2D eigenvalue weighted by molar-refractivity contribution is 0.0521. The van der Waals surface area contributed by atoms with Crippen LogP contribution in [0.4, 0.5) is 4.39 Å². The molecule has 0 aromatic heterocycles. The van der Waals surface area contributed by atoms with E-state index >= 15 is 0 Å². The van der Waals surface area contributed by atoms with Gasteiger partial charge >= 0.3 is 5.97 Å². The molecule has 0 aliphatic heterocycles. The van der Waals surface area contributed by atoms with Gasteiger partial charge in [-0.1, -0.05) is 15.9 Å². The van der Waals surface area contributed by atoms with Crippen molar-refractivity contribution in [1.29, 1.82) is 0 Å². The predicted octanol–water partition coefficient (Wildman–Crippen LogP) is 2.22. The van der Waals surface area contributed by atoms with Crippen molar-refractivity contribution in [1.82, 2.24) is 0 Å². The van der Waals surface area contributed by atoms with Crippen molar-refractivity contribution >= 4 is 21.9 Å². The zero-order chi connectivity index (χ0) is 11.4. The van der Waals surface area contributed by atoms with E-state index in [9.17, 15) is 9.18 Å². The Kier molecular flexibility index (Phi) is 4.23. The first-order chi connectivity index (χ1) is 7.10. The molecule has 0 unspecified atom stereocenters. The fraction of sp³-hybridized carbons (Fsp3) is 0.300. The number of ether oxygens (including phenoxy) is 1. The second-order valence-corrected chi connectivity index (χ2v) is 3.70. The molecule has 0 aliphatic carbocycles. The fourth-order valence-corrected chi connectivity index (χ4v) is 1.59. The van der Waals surface area contributed by atoms with Crippen LogP contribution in [-0.4, -0.2) is 12.6 Å². The third-order valence-electron chi connectivity index (χ3n) is 1.85. The summed E-state index contributed by atoms with van der Waals surface area (Å²) in [6.07, 6.45) is 0. The maximum Gasteiger partial charge on any atom is 0.341 e. The monoisotopic (exact) mass is 275 g/mol. The Morgan fingerprint density at radius 2 is 2.27 bits per heavy atom. The van der Waals surface area contributed by atoms with Gasteiger partial charge < -0.3 is 10.5 Å². The third kappa shape index (κ3) is 2.76. The van der Waals surface area contributed by atoms with Crippen molar-refractivity contribution in [3.05, 3.63) is 33.5 Å². The molecule has 0 radical (unpaired) electrons. The molecule has 3 nitrogen and oxygen atoms in total. The van der Waals surface area contributed by atoms with E-state index in [1.807, 2.05) is 0 Å². The maximum atomic E-state index is 13.4. The summed E-state index contributed by atoms with van der Waals surface area (Å²) >= 11 is 3.16. The highest BCUT2D eigenvalue weighted by Crippen LogP contribution is 2.21. The molecule has 0 aliphatic rings. The Balaban J connectivity index is 3.12. The molecule has 0 atom stereocenters. The minimum Gasteiger partial charge on any atom is -0.462 e. The summed E-state index contributed by atoms with van der Waals surface area (Å²) in [6.45, 7) is 2.11. The van der Waals surface area contributed by atoms with Crippen LogP contribution in [0, 0.1) is 5.82 Å². The highest BCUT2D eigenvalue weighted by Gasteiger charge is 2.15. The number of nitrogens with two attached hydrogens (primary N) is 1. The van der Waals surface area contributed by atoms with Gasteiger partial charge in [-0.2, -0.15) is 0 Å². The Morgan fingerprint density at radius 1 is 1.60 bits per heavy atom. The van der Waals surface area contributed by atoms with Crippen molar-refractivity contribution in [3.8, 4) is 0 Å². The minimum atomic E-state index is -0.669. The van der Waals surface area contributed by atoms with Crippen LogP contribution in [0.5, 0.6) is 0 Å². The third-order valence-corrected chi connectivity index (χ3v) is 2.59. The van der Waals surface area contributed by atoms with E-state index in [4.69, 9.17) is 10.5 Å². The second-order valence-electron chi connectivity index (χ2n) is 2.85. The standard InChI is InChI=1S/C10H11BrFNO2/c1-2-15-10(14)7-3-6(5-13)8(11)4-9(7)12/h3-4H,2,5,13H2,1H3. The van der Waals surface area contributed by atoms with Crippen LogP contribution >= 0.6 is 15.9 Å². The predicted molar refractivity (Wildman–Crippen MR) is 57.9 cm³/mol. The topological polar surface area (TPSA) is 52.3 Å². The fourth-order valence-electron chi connectivity index (χ4n) is 1.12. The number of carbonyl (C=O) groups is 1. The van der Waals surface area contributed by atoms with Crippen molar-refractivity contribution in [3.63, 3.8) is 0 Å². The van der Waals surface area contributed by atoms with Gasteiger partial charge in [-0.3, -0.25) is 0 Å². The lowest BCUT2D eigenvalue weighted by atomic mass is 10.1. The lowest BCUT2D eigenvalue weighted by Gasteiger charge is -2.07. The summed E-state index contributed by atoms with van der Waals surface area (Å²) in [5.74, 6) is -1.28. The molecule has 0 saturated carbocycles. The van der Waals surface area contributed by atoms with Crippen molar-refractivity contribution in [2.75, 3.05) is 6.61 Å². The molecule has 2 N–H and O–H groups in total. The van der Waals surface area contributed by atoms with E-state index in [1.54, 1.807) is 6.92 Å². The molecule has 0 heterocycles. The van der Waals surface area contributed by atoms with Gasteiger partial charge in [-0.05, 0) is 24.6 Å². The Morgan fingerprint density at radius 3 is 2.80 bits per heavy atom. The number of hydrogen-bond donors (Lipinski definition) is 1. The van der Waals surface area contributed by atoms with Crippen molar-refractivity contribution in [2.45, 2.75) is 13.5 Å². The first-order valence-corrected chi connectivity index (χ1v) is 5.24. The van der Waals surface area contributed by atoms with E-state index in [-0.39, 0.29) is 18.7 Å². The first kappa shape index (κ1) is 12.1. The molecule has 0 amide bonds. The van der Waals surface area contributed by atoms with E-state index in [0.717, 1.165) is 0 Å². The molecule has 0 fully saturated rings. The Hall–Kier alpha value is -0.940. The molecule has 82 valence electrons. The number of hydrogen-bond acceptors (Lipinski definition) is 3. The van der Waals surface area contributed by atoms with Crippen molar-refractivity contribution < 1.29 is 13.9 Å². The van der Waals surface area contributed by atoms with Crippen LogP contribution in [0.2, 0.25) is 0 Å². The van der Waals surface area contributed by atoms with E-state index in [1.165, 1.54) is 12.1 Å². The van der Waals surface area contributed by atoms with Gasteiger partial charge in [0.15, 0.2) is 0 Å². The molecule has 1 rings (SSSR count). The number of rotatable bonds is 3. The summed E-state index contributed by atoms with van der Waals surface area (Å²) in [7, 11) is 0. The lowest BCUT2D eigenvalue weighted by Crippen LogP contribution is -2.09. The van der Waals surface area contributed by atoms with Crippen LogP contribution in [0.1, 0.15) is 22.8 Å². The van der Waals surface area contributed by atoms with E-state index < -0.39 is 11.8 Å². The largest absolute Gasteiger partial charge is 0.462 e. The molecule has 1 aromatic rings. The molecule has 5 heteroatoms. The van der Waals surface area contributed by atoms with Gasteiger partial charge in [0.25, 0.3) is 0 Å². The van der Waals surface area contributed by atoms with E-state index in [0.29, 0.717) is 10.0 Å². The highest BCUT2D eigenvalue weighted by molar-refractivity contribution is 9.10. The molecule has 0 saturated heterocycles. The maximum absolute atomic E-state index is 13.4. The van der Waals surface area contributed by atoms with Gasteiger partial charge in [0, 0.05) is 11.0 Å². The molecule has 0 spiro atoms. The summed E-state index contributed by atoms with van der Waals surface area (Å²) < 4.78 is 18.6. The number of esters is 1. The summed E-state index contributed by atoms with van der Waals surface area (Å²) in [6, 6.07) is 2.62. The quantitative estimate of drug-likeness (QED) is 0.861. The normalized spacial score (nSPS) is 10.1. The number of benzene rings is 1. The van der Waals surface area contributed by atoms with Crippen LogP contribution < -0.4 is 5.73 Å². The average Bonchev–Trinajstić information content (AvgIpc) is 2.18. The van der Waals surface area contributed by atoms with Crippen LogP contribution in [0.25, 0.3) is 0 Å². The van der Waals surface area contributed by atoms with Gasteiger partial charge in [-0.15, -0.1) is 0 Å². The van der Waals surface area contributed by atoms with Crippen LogP contribution in [-0.2, 0) is 11.3 Å². The van der Waals surface area contributed by atoms with E-state index in [2.05, 4.69) is 15.9 Å². The van der Waals surface area contributed by atoms with Crippen LogP contribution in [0.3, 0.4) is 0 Å². The zero-order valence-electron chi connectivity index (χ0n) is 8.22. The molecule has 15 heavy (non-hydrogen) atoms. The molecular weight excluding hydrogens is 265 g/mol. The SMILES string of the molecule is CCOC(=O)c1cc(CN)c(Br)cc1F. The molecule has 0 bridgehead atoms. The molecule has 1 aromatic carbocycles. The first-order valence-electron chi connectivity index (χ1n) is 4.45. The molecular formula is C10H11BrFNO2. The summed E-state index contributed by atoms with van der Waals surface area (Å²) in [4.78, 5) is 11.3. The Bertz CT molecular complexity index is 382. The van der Waals surface area contributed by atoms with Gasteiger partial charge in [0.2, 0.25) is 0 Å². The summed E-state index contributed by atoms with van der Waals surface area (Å²) in [5, 5.41) is 0. The van der Waals surface area contributed by atoms with Crippen LogP contribution in [0.15, 0.2) is 16.6 Å². The summed E-state index contributed by atoms with van der Waals surface area (Å²) in [5.41, 5.74) is 6.02. The smallest absolute Gasteiger partial charge is 0.341 e. The number of halogens is 2. The average molecular weight is 276 g/mol. The van der Waals surface area contributed by atoms with Gasteiger partial charge in [0.1, 0.15) is 5.82 Å². The van der Waals surface area contributed by atoms with Crippen molar-refractivity contribution in [2.24, 2.45) is 5.73 Å². The van der Waals surface area contributed by atoms with Gasteiger partial charge in [-0.25, -0.2) is 9.18 Å². The highest BCUT2D eigenvalue weighted by atomic mass is 79.9. The Labute approximate surface area is 95.5 Å². The zero-order valence-corrected chi connectivity index (χ0v) is 9.80. The van der Waals surface area contributed by atoms with Gasteiger partial charge in [0.05, 0.1) is 12.2 Å². The second kappa shape index (κ2) is 5.23. The number of carbonyl (C=O) groups excluding carboxylic acids is 1. The minimum absolute atomic E-state index is 0.0829.